The second-order valence-corrected chi connectivity index (χ2v) is 26.6. The van der Waals surface area contributed by atoms with Gasteiger partial charge in [0, 0.05) is 98.5 Å². The van der Waals surface area contributed by atoms with Crippen LogP contribution in [0.5, 0.6) is 5.75 Å². The zero-order valence-corrected chi connectivity index (χ0v) is 60.8. The third kappa shape index (κ3) is 22.9. The number of hydrogen-bond donors (Lipinski definition) is 3. The number of rotatable bonds is 18. The Morgan fingerprint density at radius 3 is 2.21 bits per heavy atom. The highest BCUT2D eigenvalue weighted by atomic mass is 31.0. The summed E-state index contributed by atoms with van der Waals surface area (Å²) in [7, 11) is 8.19. The van der Waals surface area contributed by atoms with Gasteiger partial charge in [0.15, 0.2) is 12.2 Å². The Bertz CT molecular complexity index is 3390. The number of likely N-dealkylation sites (N-methyl/N-ethyl adjacent to an activating group) is 1. The first-order chi connectivity index (χ1) is 44.9. The van der Waals surface area contributed by atoms with Gasteiger partial charge in [0.25, 0.3) is 0 Å². The van der Waals surface area contributed by atoms with Gasteiger partial charge in [-0.25, -0.2) is 8.78 Å². The van der Waals surface area contributed by atoms with Gasteiger partial charge in [0.05, 0.1) is 24.0 Å². The SMILES string of the molecule is C=c1c(P)c(-c2cc(O)cc3ccc(F)c(CC)c23)nc/c1=C(/N=C(\C)OC)N1CCC[C@@](C)(O)C1.CC=O.CCC.CCCC(=O)N(C)c1cc(C2CCN(Cc3ccc(C=O)c(F)c3)CC2)ccc1C.CCCC(C)C(=O)C(C)CC.CNCC1CCC2CCCN21. The summed E-state index contributed by atoms with van der Waals surface area (Å²) < 4.78 is 33.9. The number of piperidine rings is 2. The molecule has 0 bridgehead atoms. The minimum Gasteiger partial charge on any atom is -0.508 e. The smallest absolute Gasteiger partial charge is 0.226 e. The van der Waals surface area contributed by atoms with E-state index in [1.165, 1.54) is 69.8 Å². The number of anilines is 1. The number of ketones is 1. The number of benzene rings is 4. The maximum atomic E-state index is 14.7. The number of aliphatic hydroxyl groups is 1. The van der Waals surface area contributed by atoms with Crippen molar-refractivity contribution >= 4 is 73.6 Å². The molecule has 1 amide bonds. The lowest BCUT2D eigenvalue weighted by Crippen LogP contribution is -2.48. The summed E-state index contributed by atoms with van der Waals surface area (Å²) in [6.45, 7) is 34.1. The van der Waals surface area contributed by atoms with Crippen molar-refractivity contribution in [3.8, 4) is 17.0 Å². The average molecular weight is 1320 g/mol. The molecule has 0 radical (unpaired) electrons. The monoisotopic (exact) mass is 1320 g/mol. The number of halogens is 2. The van der Waals surface area contributed by atoms with Gasteiger partial charge in [-0.1, -0.05) is 99.1 Å². The van der Waals surface area contributed by atoms with E-state index in [9.17, 15) is 33.4 Å². The number of amides is 1. The van der Waals surface area contributed by atoms with E-state index in [4.69, 9.17) is 19.5 Å². The molecule has 4 fully saturated rings. The van der Waals surface area contributed by atoms with Crippen LogP contribution >= 0.6 is 9.24 Å². The molecular formula is C77H114F2N7O7P. The van der Waals surface area contributed by atoms with Crippen LogP contribution in [0, 0.1) is 30.4 Å². The molecule has 94 heavy (non-hydrogen) atoms. The number of methoxy groups -OCH3 is 1. The Kier molecular flexibility index (Phi) is 34.4. The van der Waals surface area contributed by atoms with E-state index in [0.717, 1.165) is 116 Å². The number of pyridine rings is 1. The highest BCUT2D eigenvalue weighted by Gasteiger charge is 2.36. The van der Waals surface area contributed by atoms with Gasteiger partial charge in [0.1, 0.15) is 35.3 Å². The van der Waals surface area contributed by atoms with Crippen LogP contribution in [0.3, 0.4) is 0 Å². The Morgan fingerprint density at radius 1 is 0.926 bits per heavy atom. The summed E-state index contributed by atoms with van der Waals surface area (Å²) in [5, 5.41) is 28.0. The molecule has 4 saturated heterocycles. The number of aromatic hydroxyl groups is 1. The molecule has 4 aromatic carbocycles. The van der Waals surface area contributed by atoms with Gasteiger partial charge < -0.3 is 34.9 Å². The van der Waals surface area contributed by atoms with Crippen molar-refractivity contribution in [2.24, 2.45) is 16.8 Å². The number of Topliss-reactive ketones (excluding diaryl/α,β-unsaturated/α-hetero) is 1. The fourth-order valence-corrected chi connectivity index (χ4v) is 13.4. The maximum Gasteiger partial charge on any atom is 0.226 e. The van der Waals surface area contributed by atoms with Crippen molar-refractivity contribution < 1.29 is 42.9 Å². The first kappa shape index (κ1) is 80.1. The number of nitrogens with one attached hydrogen (secondary N) is 1. The summed E-state index contributed by atoms with van der Waals surface area (Å²) in [5.74, 6) is 2.03. The number of carbonyl (C=O) groups is 4. The highest BCUT2D eigenvalue weighted by molar-refractivity contribution is 7.27. The van der Waals surface area contributed by atoms with Gasteiger partial charge in [-0.15, -0.1) is 9.24 Å². The van der Waals surface area contributed by atoms with Crippen LogP contribution in [0.2, 0.25) is 0 Å². The molecule has 4 aliphatic rings. The molecule has 6 atom stereocenters. The number of nitrogens with zero attached hydrogens (tertiary/aromatic N) is 6. The molecule has 5 unspecified atom stereocenters. The summed E-state index contributed by atoms with van der Waals surface area (Å²) in [6, 6.07) is 19.5. The number of aromatic nitrogens is 1. The summed E-state index contributed by atoms with van der Waals surface area (Å²) in [6.07, 6.45) is 18.7. The standard InChI is InChI=1S/C28H33FN3O3P.C25H31FN2O2.C10H20O.C9H18N2.C3H8.C2H4O/c1-6-20-23(29)9-8-18-12-19(33)13-21(24(18)20)25-26(36)16(2)22(14-30-25)27(31-17(3)35-5)32-11-7-10-28(4,34)15-32;1-4-5-25(30)27(3)24-15-21(8-6-18(24)2)20-10-12-28(13-11-20)16-19-7-9-22(17-29)23(26)14-19;1-5-7-9(4)10(11)8(3)6-2;1-10-7-9-5-4-8-3-2-6-11(8)9;1-3-2;1-2-3/h8-9,12-14,33-34H,2,6-7,10-11,15,36H2,1,3-5H3;6-9,14-15,17,20H,4-5,10-13,16H2,1-3H3;8-9H,5-7H2,1-4H3;8-10H,2-7H2,1H3;3H2,1-2H3;2H,1H3/b27-22+,31-17+;;;;;/t28-;;;;;/m1...../s1. The number of β-amino-alcohol motifs (C(OH)–C–C–N with tert-alkyl or cyclic N) is 1. The van der Waals surface area contributed by atoms with Gasteiger partial charge in [-0.05, 0) is 205 Å². The number of fused-ring (bicyclic) bond motifs is 2. The van der Waals surface area contributed by atoms with Crippen molar-refractivity contribution in [2.45, 2.75) is 210 Å². The van der Waals surface area contributed by atoms with Gasteiger partial charge in [-0.2, -0.15) is 4.99 Å². The number of phenolic OH excluding ortho intramolecular Hbond substituents is 1. The van der Waals surface area contributed by atoms with E-state index < -0.39 is 11.4 Å². The van der Waals surface area contributed by atoms with Gasteiger partial charge in [0.2, 0.25) is 5.91 Å². The van der Waals surface area contributed by atoms with Crippen LogP contribution < -0.4 is 26.0 Å². The fraction of sp³-hybridized carbons (Fsp3) is 0.558. The van der Waals surface area contributed by atoms with Gasteiger partial charge >= 0.3 is 0 Å². The fourth-order valence-electron chi connectivity index (χ4n) is 13.0. The normalized spacial score (nSPS) is 19.0. The number of aliphatic imine (C=N–C) groups is 1. The molecule has 9 rings (SSSR count). The van der Waals surface area contributed by atoms with Crippen LogP contribution in [0.4, 0.5) is 14.5 Å². The van der Waals surface area contributed by atoms with E-state index in [-0.39, 0.29) is 34.9 Å². The molecule has 518 valence electrons. The number of aldehydes is 2. The average Bonchev–Trinajstić information content (AvgIpc) is 0.947. The summed E-state index contributed by atoms with van der Waals surface area (Å²) >= 11 is 0. The number of carbonyl (C=O) groups excluding carboxylic acids is 4. The van der Waals surface area contributed by atoms with Crippen molar-refractivity contribution in [2.75, 3.05) is 65.4 Å². The molecule has 0 aliphatic carbocycles. The highest BCUT2D eigenvalue weighted by Crippen LogP contribution is 2.37. The first-order valence-corrected chi connectivity index (χ1v) is 35.1. The predicted molar refractivity (Wildman–Crippen MR) is 389 cm³/mol. The van der Waals surface area contributed by atoms with E-state index in [2.05, 4.69) is 83.9 Å². The molecule has 5 aromatic rings. The number of likely N-dealkylation sites (tertiary alicyclic amines) is 2. The number of aryl methyl sites for hydroxylation is 2. The third-order valence-electron chi connectivity index (χ3n) is 18.3. The van der Waals surface area contributed by atoms with E-state index in [1.54, 1.807) is 49.4 Å². The first-order valence-electron chi connectivity index (χ1n) is 34.5. The topological polar surface area (TPSA) is 168 Å². The Balaban J connectivity index is 0.000000287. The molecule has 0 saturated carbocycles. The van der Waals surface area contributed by atoms with Crippen molar-refractivity contribution in [3.63, 3.8) is 0 Å². The largest absolute Gasteiger partial charge is 0.508 e. The maximum absolute atomic E-state index is 14.7. The molecule has 17 heteroatoms. The Labute approximate surface area is 564 Å². The molecule has 14 nitrogen and oxygen atoms in total. The van der Waals surface area contributed by atoms with E-state index >= 15 is 0 Å². The zero-order valence-electron chi connectivity index (χ0n) is 59.6. The van der Waals surface area contributed by atoms with Crippen molar-refractivity contribution in [1.29, 1.82) is 0 Å². The van der Waals surface area contributed by atoms with Crippen molar-refractivity contribution in [1.82, 2.24) is 25.0 Å². The van der Waals surface area contributed by atoms with Crippen LogP contribution in [0.15, 0.2) is 71.9 Å². The third-order valence-corrected chi connectivity index (χ3v) is 18.9. The Morgan fingerprint density at radius 2 is 1.62 bits per heavy atom. The second kappa shape index (κ2) is 40.3. The molecular weight excluding hydrogens is 1200 g/mol. The lowest BCUT2D eigenvalue weighted by Gasteiger charge is -2.38. The second-order valence-electron chi connectivity index (χ2n) is 26.0. The summed E-state index contributed by atoms with van der Waals surface area (Å²) in [4.78, 5) is 61.7. The van der Waals surface area contributed by atoms with E-state index in [0.29, 0.717) is 89.3 Å². The predicted octanol–water partition coefficient (Wildman–Crippen LogP) is 13.8. The quantitative estimate of drug-likeness (QED) is 0.0329. The minimum atomic E-state index is -0.834. The molecule has 5 heterocycles. The molecule has 4 aliphatic heterocycles. The van der Waals surface area contributed by atoms with Crippen LogP contribution in [-0.2, 0) is 32.1 Å². The van der Waals surface area contributed by atoms with Crippen LogP contribution in [-0.4, -0.2) is 138 Å². The van der Waals surface area contributed by atoms with Gasteiger partial charge in [-0.3, -0.25) is 29.2 Å². The zero-order chi connectivity index (χ0) is 69.8. The molecule has 1 aromatic heterocycles. The lowest BCUT2D eigenvalue weighted by atomic mass is 9.88. The van der Waals surface area contributed by atoms with Crippen LogP contribution in [0.1, 0.15) is 205 Å². The van der Waals surface area contributed by atoms with Crippen molar-refractivity contribution in [3.05, 3.63) is 117 Å². The number of ether oxygens (including phenoxy) is 1. The van der Waals surface area contributed by atoms with Crippen LogP contribution in [0.25, 0.3) is 34.4 Å². The molecule has 3 N–H and O–H groups in total. The summed E-state index contributed by atoms with van der Waals surface area (Å²) in [5.41, 5.74) is 5.37. The Hall–Kier alpha value is -6.29. The number of phenols is 1. The lowest BCUT2D eigenvalue weighted by molar-refractivity contribution is -0.126. The molecule has 0 spiro atoms. The minimum absolute atomic E-state index is 0.0789. The number of hydrogen-bond acceptors (Lipinski definition) is 13. The van der Waals surface area contributed by atoms with E-state index in [1.807, 2.05) is 59.6 Å².